The highest BCUT2D eigenvalue weighted by Gasteiger charge is 2.21. The first-order valence-electron chi connectivity index (χ1n) is 5.92. The fourth-order valence-corrected chi connectivity index (χ4v) is 2.16. The zero-order valence-corrected chi connectivity index (χ0v) is 10.3. The van der Waals surface area contributed by atoms with Crippen LogP contribution in [0.2, 0.25) is 0 Å². The Morgan fingerprint density at radius 1 is 1.27 bits per heavy atom. The quantitative estimate of drug-likeness (QED) is 0.511. The maximum Gasteiger partial charge on any atom is 0.0644 e. The van der Waals surface area contributed by atoms with Crippen molar-refractivity contribution in [3.05, 3.63) is 0 Å². The minimum Gasteiger partial charge on any atom is -0.395 e. The van der Waals surface area contributed by atoms with Gasteiger partial charge >= 0.3 is 0 Å². The standard InChI is InChI=1S/C11H23NO2S/c13-9-11-10-14-7-6-12(11)5-3-1-2-4-8-15/h11,13,15H,1-10H2. The van der Waals surface area contributed by atoms with Gasteiger partial charge in [0.1, 0.15) is 0 Å². The molecule has 1 aliphatic rings. The Bertz CT molecular complexity index is 158. The highest BCUT2D eigenvalue weighted by molar-refractivity contribution is 7.80. The van der Waals surface area contributed by atoms with Gasteiger partial charge in [0, 0.05) is 6.54 Å². The van der Waals surface area contributed by atoms with Gasteiger partial charge in [-0.3, -0.25) is 4.90 Å². The van der Waals surface area contributed by atoms with E-state index in [1.165, 1.54) is 25.7 Å². The molecule has 0 aromatic heterocycles. The van der Waals surface area contributed by atoms with Crippen LogP contribution < -0.4 is 0 Å². The maximum atomic E-state index is 9.17. The van der Waals surface area contributed by atoms with Crippen LogP contribution >= 0.6 is 12.6 Å². The Hall–Kier alpha value is 0.230. The number of ether oxygens (including phenoxy) is 1. The van der Waals surface area contributed by atoms with Crippen molar-refractivity contribution >= 4 is 12.6 Å². The van der Waals surface area contributed by atoms with Crippen LogP contribution in [-0.4, -0.2) is 54.7 Å². The third kappa shape index (κ3) is 5.20. The van der Waals surface area contributed by atoms with Gasteiger partial charge in [0.25, 0.3) is 0 Å². The Balaban J connectivity index is 2.07. The normalized spacial score (nSPS) is 23.2. The van der Waals surface area contributed by atoms with E-state index < -0.39 is 0 Å². The van der Waals surface area contributed by atoms with Crippen molar-refractivity contribution in [2.45, 2.75) is 31.7 Å². The molecule has 3 nitrogen and oxygen atoms in total. The van der Waals surface area contributed by atoms with Gasteiger partial charge in [-0.05, 0) is 25.1 Å². The molecule has 1 heterocycles. The molecule has 1 fully saturated rings. The molecule has 0 saturated carbocycles. The van der Waals surface area contributed by atoms with Crippen LogP contribution in [0.4, 0.5) is 0 Å². The smallest absolute Gasteiger partial charge is 0.0644 e. The summed E-state index contributed by atoms with van der Waals surface area (Å²) in [6.07, 6.45) is 4.99. The molecule has 90 valence electrons. The van der Waals surface area contributed by atoms with Gasteiger partial charge in [-0.15, -0.1) is 0 Å². The summed E-state index contributed by atoms with van der Waals surface area (Å²) in [5.74, 6) is 0.997. The molecule has 0 radical (unpaired) electrons. The first-order chi connectivity index (χ1) is 7.38. The molecular formula is C11H23NO2S. The molecule has 0 amide bonds. The number of aliphatic hydroxyl groups is 1. The van der Waals surface area contributed by atoms with Gasteiger partial charge in [0.2, 0.25) is 0 Å². The van der Waals surface area contributed by atoms with E-state index in [1.807, 2.05) is 0 Å². The van der Waals surface area contributed by atoms with Crippen molar-refractivity contribution in [3.8, 4) is 0 Å². The first kappa shape index (κ1) is 13.3. The fourth-order valence-electron chi connectivity index (χ4n) is 1.93. The second-order valence-corrected chi connectivity index (χ2v) is 4.53. The number of aliphatic hydroxyl groups excluding tert-OH is 1. The molecule has 1 atom stereocenters. The van der Waals surface area contributed by atoms with Gasteiger partial charge in [-0.1, -0.05) is 12.8 Å². The van der Waals surface area contributed by atoms with Crippen molar-refractivity contribution in [2.75, 3.05) is 38.7 Å². The summed E-state index contributed by atoms with van der Waals surface area (Å²) in [4.78, 5) is 2.35. The number of morpholine rings is 1. The summed E-state index contributed by atoms with van der Waals surface area (Å²) in [5.41, 5.74) is 0. The predicted octanol–water partition coefficient (Wildman–Crippen LogP) is 1.17. The zero-order valence-electron chi connectivity index (χ0n) is 9.40. The second kappa shape index (κ2) is 8.39. The number of rotatable bonds is 7. The van der Waals surface area contributed by atoms with Gasteiger partial charge in [-0.25, -0.2) is 0 Å². The second-order valence-electron chi connectivity index (χ2n) is 4.09. The Morgan fingerprint density at radius 3 is 2.80 bits per heavy atom. The van der Waals surface area contributed by atoms with E-state index in [0.717, 1.165) is 25.4 Å². The van der Waals surface area contributed by atoms with E-state index in [9.17, 15) is 5.11 Å². The lowest BCUT2D eigenvalue weighted by molar-refractivity contribution is -0.0278. The molecule has 1 N–H and O–H groups in total. The number of thiol groups is 1. The summed E-state index contributed by atoms with van der Waals surface area (Å²) < 4.78 is 5.34. The van der Waals surface area contributed by atoms with Crippen LogP contribution in [0.25, 0.3) is 0 Å². The molecule has 15 heavy (non-hydrogen) atoms. The van der Waals surface area contributed by atoms with E-state index in [-0.39, 0.29) is 12.6 Å². The molecule has 4 heteroatoms. The van der Waals surface area contributed by atoms with E-state index in [4.69, 9.17) is 4.74 Å². The largest absolute Gasteiger partial charge is 0.395 e. The Morgan fingerprint density at radius 2 is 2.07 bits per heavy atom. The van der Waals surface area contributed by atoms with Crippen LogP contribution in [0.5, 0.6) is 0 Å². The molecule has 0 aromatic carbocycles. The summed E-state index contributed by atoms with van der Waals surface area (Å²) in [7, 11) is 0. The van der Waals surface area contributed by atoms with Crippen molar-refractivity contribution in [1.82, 2.24) is 4.90 Å². The molecule has 0 spiro atoms. The minimum absolute atomic E-state index is 0.219. The average molecular weight is 233 g/mol. The lowest BCUT2D eigenvalue weighted by Gasteiger charge is -2.34. The summed E-state index contributed by atoms with van der Waals surface area (Å²) in [5, 5.41) is 9.17. The summed E-state index contributed by atoms with van der Waals surface area (Å²) >= 11 is 4.19. The van der Waals surface area contributed by atoms with Crippen LogP contribution in [0, 0.1) is 0 Å². The number of hydrogen-bond acceptors (Lipinski definition) is 4. The van der Waals surface area contributed by atoms with Gasteiger partial charge < -0.3 is 9.84 Å². The lowest BCUT2D eigenvalue weighted by Crippen LogP contribution is -2.47. The SMILES string of the molecule is OCC1COCCN1CCCCCCS. The molecule has 1 aliphatic heterocycles. The minimum atomic E-state index is 0.219. The highest BCUT2D eigenvalue weighted by Crippen LogP contribution is 2.09. The molecule has 1 saturated heterocycles. The van der Waals surface area contributed by atoms with Crippen LogP contribution in [-0.2, 0) is 4.74 Å². The predicted molar refractivity (Wildman–Crippen MR) is 65.6 cm³/mol. The van der Waals surface area contributed by atoms with Gasteiger partial charge in [0.05, 0.1) is 25.9 Å². The fraction of sp³-hybridized carbons (Fsp3) is 1.00. The molecule has 0 aromatic rings. The van der Waals surface area contributed by atoms with Crippen molar-refractivity contribution < 1.29 is 9.84 Å². The lowest BCUT2D eigenvalue weighted by atomic mass is 10.1. The highest BCUT2D eigenvalue weighted by atomic mass is 32.1. The van der Waals surface area contributed by atoms with Crippen molar-refractivity contribution in [2.24, 2.45) is 0 Å². The Kier molecular flexibility index (Phi) is 7.44. The van der Waals surface area contributed by atoms with E-state index in [0.29, 0.717) is 6.61 Å². The molecule has 1 rings (SSSR count). The van der Waals surface area contributed by atoms with Crippen LogP contribution in [0.1, 0.15) is 25.7 Å². The Labute approximate surface area is 98.2 Å². The van der Waals surface area contributed by atoms with E-state index in [2.05, 4.69) is 17.5 Å². The maximum absolute atomic E-state index is 9.17. The first-order valence-corrected chi connectivity index (χ1v) is 6.55. The third-order valence-corrected chi connectivity index (χ3v) is 3.23. The van der Waals surface area contributed by atoms with Gasteiger partial charge in [0.15, 0.2) is 0 Å². The number of unbranched alkanes of at least 4 members (excludes halogenated alkanes) is 3. The monoisotopic (exact) mass is 233 g/mol. The van der Waals surface area contributed by atoms with E-state index in [1.54, 1.807) is 0 Å². The van der Waals surface area contributed by atoms with Crippen molar-refractivity contribution in [3.63, 3.8) is 0 Å². The summed E-state index contributed by atoms with van der Waals surface area (Å²) in [6.45, 7) is 3.79. The molecule has 1 unspecified atom stereocenters. The van der Waals surface area contributed by atoms with E-state index >= 15 is 0 Å². The van der Waals surface area contributed by atoms with Gasteiger partial charge in [-0.2, -0.15) is 12.6 Å². The zero-order chi connectivity index (χ0) is 10.9. The van der Waals surface area contributed by atoms with Crippen LogP contribution in [0.3, 0.4) is 0 Å². The number of nitrogens with zero attached hydrogens (tertiary/aromatic N) is 1. The number of hydrogen-bond donors (Lipinski definition) is 2. The molecule has 0 aliphatic carbocycles. The third-order valence-electron chi connectivity index (χ3n) is 2.91. The van der Waals surface area contributed by atoms with Crippen molar-refractivity contribution in [1.29, 1.82) is 0 Å². The molecular weight excluding hydrogens is 210 g/mol. The summed E-state index contributed by atoms with van der Waals surface area (Å²) in [6, 6.07) is 0.226. The molecule has 0 bridgehead atoms. The topological polar surface area (TPSA) is 32.7 Å². The average Bonchev–Trinajstić information content (AvgIpc) is 2.29. The van der Waals surface area contributed by atoms with Crippen LogP contribution in [0.15, 0.2) is 0 Å².